The maximum Gasteiger partial charge on any atom is 0.332 e. The second kappa shape index (κ2) is 5.61. The minimum Gasteiger partial charge on any atom is -0.350 e. The van der Waals surface area contributed by atoms with Crippen molar-refractivity contribution >= 4 is 18.0 Å². The van der Waals surface area contributed by atoms with Crippen molar-refractivity contribution in [2.45, 2.75) is 0 Å². The van der Waals surface area contributed by atoms with Crippen LogP contribution in [-0.4, -0.2) is 18.0 Å². The van der Waals surface area contributed by atoms with Crippen molar-refractivity contribution in [2.75, 3.05) is 0 Å². The Kier molecular flexibility index (Phi) is 4.60. The standard InChI is InChI=1S/C6H6N4O2/c1-8-3-2-5(11)4-9-10-6(7)12/h2-4H,(H3,7,10,12)/b3-2?,9-4+. The quantitative estimate of drug-likeness (QED) is 0.259. The van der Waals surface area contributed by atoms with Crippen LogP contribution in [0.25, 0.3) is 4.85 Å². The number of hydrogen-bond donors (Lipinski definition) is 2. The maximum atomic E-state index is 10.6. The number of nitrogens with zero attached hydrogens (tertiary/aromatic N) is 2. The summed E-state index contributed by atoms with van der Waals surface area (Å²) >= 11 is 0. The molecular formula is C6H6N4O2. The van der Waals surface area contributed by atoms with Gasteiger partial charge in [-0.1, -0.05) is 0 Å². The number of rotatable bonds is 3. The summed E-state index contributed by atoms with van der Waals surface area (Å²) in [7, 11) is 0. The monoisotopic (exact) mass is 166 g/mol. The van der Waals surface area contributed by atoms with Crippen molar-refractivity contribution in [3.8, 4) is 0 Å². The lowest BCUT2D eigenvalue weighted by Crippen LogP contribution is -2.24. The first-order valence-corrected chi connectivity index (χ1v) is 2.82. The zero-order valence-corrected chi connectivity index (χ0v) is 6.02. The summed E-state index contributed by atoms with van der Waals surface area (Å²) in [5.41, 5.74) is 6.47. The number of carbonyl (C=O) groups is 2. The Morgan fingerprint density at radius 1 is 1.58 bits per heavy atom. The molecule has 0 unspecified atom stereocenters. The van der Waals surface area contributed by atoms with Gasteiger partial charge in [0.05, 0.1) is 12.8 Å². The lowest BCUT2D eigenvalue weighted by Gasteiger charge is -1.87. The van der Waals surface area contributed by atoms with Crippen LogP contribution in [0.5, 0.6) is 0 Å². The van der Waals surface area contributed by atoms with Gasteiger partial charge in [-0.2, -0.15) is 5.10 Å². The van der Waals surface area contributed by atoms with Gasteiger partial charge in [-0.25, -0.2) is 15.1 Å². The average Bonchev–Trinajstić information content (AvgIpc) is 2.00. The van der Waals surface area contributed by atoms with Crippen LogP contribution in [0.15, 0.2) is 17.4 Å². The van der Waals surface area contributed by atoms with Crippen molar-refractivity contribution < 1.29 is 9.59 Å². The zero-order chi connectivity index (χ0) is 9.40. The van der Waals surface area contributed by atoms with Crippen LogP contribution in [0, 0.1) is 6.57 Å². The van der Waals surface area contributed by atoms with E-state index in [0.29, 0.717) is 0 Å². The van der Waals surface area contributed by atoms with Gasteiger partial charge in [0.1, 0.15) is 0 Å². The third-order valence-electron chi connectivity index (χ3n) is 0.680. The molecule has 0 aromatic carbocycles. The number of nitrogens with one attached hydrogen (secondary N) is 1. The van der Waals surface area contributed by atoms with Crippen molar-refractivity contribution in [2.24, 2.45) is 10.8 Å². The number of allylic oxidation sites excluding steroid dienone is 1. The molecule has 0 atom stereocenters. The van der Waals surface area contributed by atoms with Crippen LogP contribution in [0.3, 0.4) is 0 Å². The number of urea groups is 1. The number of carbonyl (C=O) groups excluding carboxylic acids is 2. The fraction of sp³-hybridized carbons (Fsp3) is 0. The molecule has 6 heteroatoms. The van der Waals surface area contributed by atoms with Crippen LogP contribution in [0.2, 0.25) is 0 Å². The SMILES string of the molecule is [C-]#[N+]C=CC(=O)/C=N/NC(N)=O. The summed E-state index contributed by atoms with van der Waals surface area (Å²) in [6, 6.07) is -0.854. The molecule has 0 heterocycles. The molecule has 0 saturated heterocycles. The number of primary amides is 1. The summed E-state index contributed by atoms with van der Waals surface area (Å²) < 4.78 is 0. The minimum atomic E-state index is -0.854. The van der Waals surface area contributed by atoms with Crippen LogP contribution in [0.1, 0.15) is 0 Å². The molecule has 3 N–H and O–H groups in total. The molecule has 12 heavy (non-hydrogen) atoms. The first kappa shape index (κ1) is 9.84. The lowest BCUT2D eigenvalue weighted by atomic mass is 10.4. The number of amides is 2. The van der Waals surface area contributed by atoms with E-state index >= 15 is 0 Å². The van der Waals surface area contributed by atoms with Gasteiger partial charge in [-0.15, -0.1) is 0 Å². The minimum absolute atomic E-state index is 0.500. The van der Waals surface area contributed by atoms with Gasteiger partial charge in [0.25, 0.3) is 0 Å². The molecule has 0 aliphatic rings. The van der Waals surface area contributed by atoms with Crippen LogP contribution in [0.4, 0.5) is 4.79 Å². The van der Waals surface area contributed by atoms with Gasteiger partial charge < -0.3 is 5.73 Å². The van der Waals surface area contributed by atoms with Crippen molar-refractivity contribution in [1.29, 1.82) is 0 Å². The highest BCUT2D eigenvalue weighted by atomic mass is 16.2. The number of hydrazone groups is 1. The molecule has 0 aromatic rings. The normalized spacial score (nSPS) is 9.92. The Labute approximate surface area is 68.6 Å². The topological polar surface area (TPSA) is 88.9 Å². The Balaban J connectivity index is 3.86. The second-order valence-electron chi connectivity index (χ2n) is 1.58. The van der Waals surface area contributed by atoms with Gasteiger partial charge in [0.2, 0.25) is 0 Å². The largest absolute Gasteiger partial charge is 0.350 e. The summed E-state index contributed by atoms with van der Waals surface area (Å²) in [6.07, 6.45) is 2.84. The van der Waals surface area contributed by atoms with Crippen molar-refractivity contribution in [1.82, 2.24) is 5.43 Å². The fourth-order valence-corrected chi connectivity index (χ4v) is 0.313. The molecule has 62 valence electrons. The lowest BCUT2D eigenvalue weighted by molar-refractivity contribution is -0.108. The van der Waals surface area contributed by atoms with E-state index in [0.717, 1.165) is 18.5 Å². The van der Waals surface area contributed by atoms with E-state index in [4.69, 9.17) is 6.57 Å². The smallest absolute Gasteiger partial charge is 0.332 e. The molecule has 6 nitrogen and oxygen atoms in total. The Hall–Kier alpha value is -2.16. The number of nitrogens with two attached hydrogens (primary N) is 1. The molecule has 0 saturated carbocycles. The molecule has 0 radical (unpaired) electrons. The highest BCUT2D eigenvalue weighted by Crippen LogP contribution is 1.74. The van der Waals surface area contributed by atoms with E-state index in [1.54, 1.807) is 0 Å². The third kappa shape index (κ3) is 5.97. The summed E-state index contributed by atoms with van der Waals surface area (Å²) in [6.45, 7) is 6.29. The van der Waals surface area contributed by atoms with Crippen LogP contribution in [-0.2, 0) is 4.79 Å². The van der Waals surface area contributed by atoms with E-state index in [2.05, 4.69) is 15.7 Å². The fourth-order valence-electron chi connectivity index (χ4n) is 0.313. The van der Waals surface area contributed by atoms with Crippen molar-refractivity contribution in [3.05, 3.63) is 23.7 Å². The molecule has 0 aliphatic carbocycles. The molecule has 0 bridgehead atoms. The third-order valence-corrected chi connectivity index (χ3v) is 0.680. The van der Waals surface area contributed by atoms with Gasteiger partial charge in [-0.3, -0.25) is 4.79 Å². The Morgan fingerprint density at radius 2 is 2.25 bits per heavy atom. The van der Waals surface area contributed by atoms with E-state index in [9.17, 15) is 9.59 Å². The van der Waals surface area contributed by atoms with Crippen molar-refractivity contribution in [3.63, 3.8) is 0 Å². The molecule has 0 rings (SSSR count). The van der Waals surface area contributed by atoms with E-state index < -0.39 is 11.8 Å². The van der Waals surface area contributed by atoms with E-state index in [-0.39, 0.29) is 0 Å². The predicted molar refractivity (Wildman–Crippen MR) is 42.0 cm³/mol. The molecule has 0 spiro atoms. The molecule has 2 amide bonds. The van der Waals surface area contributed by atoms with Gasteiger partial charge >= 0.3 is 6.03 Å². The predicted octanol–water partition coefficient (Wildman–Crippen LogP) is -0.357. The highest BCUT2D eigenvalue weighted by molar-refractivity contribution is 6.32. The second-order valence-corrected chi connectivity index (χ2v) is 1.58. The Bertz CT molecular complexity index is 274. The summed E-state index contributed by atoms with van der Waals surface area (Å²) in [5.74, 6) is -0.500. The Morgan fingerprint density at radius 3 is 2.75 bits per heavy atom. The first-order valence-electron chi connectivity index (χ1n) is 2.82. The highest BCUT2D eigenvalue weighted by Gasteiger charge is 1.88. The number of ketones is 1. The van der Waals surface area contributed by atoms with Crippen LogP contribution >= 0.6 is 0 Å². The van der Waals surface area contributed by atoms with E-state index in [1.165, 1.54) is 0 Å². The van der Waals surface area contributed by atoms with Crippen LogP contribution < -0.4 is 11.2 Å². The van der Waals surface area contributed by atoms with Gasteiger partial charge in [-0.05, 0) is 6.08 Å². The molecule has 0 fully saturated rings. The molecule has 0 aromatic heterocycles. The zero-order valence-electron chi connectivity index (χ0n) is 6.02. The summed E-state index contributed by atoms with van der Waals surface area (Å²) in [4.78, 5) is 23.4. The van der Waals surface area contributed by atoms with E-state index in [1.807, 2.05) is 5.43 Å². The first-order chi connectivity index (χ1) is 5.66. The number of hydrogen-bond acceptors (Lipinski definition) is 3. The average molecular weight is 166 g/mol. The molecular weight excluding hydrogens is 160 g/mol. The summed E-state index contributed by atoms with van der Waals surface area (Å²) in [5, 5.41) is 3.17. The maximum absolute atomic E-state index is 10.6. The molecule has 0 aliphatic heterocycles. The van der Waals surface area contributed by atoms with Gasteiger partial charge in [0, 0.05) is 0 Å². The van der Waals surface area contributed by atoms with Gasteiger partial charge in [0.15, 0.2) is 12.0 Å².